The SMILES string of the molecule is CCCNc1cncc(N(C)c2ccc(C#N)cc2)n1. The van der Waals surface area contributed by atoms with Crippen molar-refractivity contribution in [3.8, 4) is 6.07 Å². The number of aromatic nitrogens is 2. The predicted octanol–water partition coefficient (Wildman–Crippen LogP) is 2.94. The number of hydrogen-bond acceptors (Lipinski definition) is 5. The lowest BCUT2D eigenvalue weighted by Gasteiger charge is -2.18. The number of hydrogen-bond donors (Lipinski definition) is 1. The summed E-state index contributed by atoms with van der Waals surface area (Å²) in [6.45, 7) is 2.98. The van der Waals surface area contributed by atoms with Crippen molar-refractivity contribution in [1.29, 1.82) is 5.26 Å². The highest BCUT2D eigenvalue weighted by Crippen LogP contribution is 2.22. The van der Waals surface area contributed by atoms with Crippen LogP contribution in [0.2, 0.25) is 0 Å². The van der Waals surface area contributed by atoms with Gasteiger partial charge < -0.3 is 10.2 Å². The van der Waals surface area contributed by atoms with Crippen molar-refractivity contribution in [3.05, 3.63) is 42.2 Å². The molecule has 5 nitrogen and oxygen atoms in total. The molecule has 1 aromatic heterocycles. The number of benzene rings is 1. The lowest BCUT2D eigenvalue weighted by molar-refractivity contribution is 0.960. The van der Waals surface area contributed by atoms with E-state index in [4.69, 9.17) is 5.26 Å². The van der Waals surface area contributed by atoms with E-state index in [0.717, 1.165) is 30.3 Å². The largest absolute Gasteiger partial charge is 0.369 e. The molecule has 0 aliphatic heterocycles. The molecule has 0 radical (unpaired) electrons. The van der Waals surface area contributed by atoms with Gasteiger partial charge in [0.15, 0.2) is 5.82 Å². The van der Waals surface area contributed by atoms with E-state index in [9.17, 15) is 0 Å². The second-order valence-corrected chi connectivity index (χ2v) is 4.41. The van der Waals surface area contributed by atoms with Crippen molar-refractivity contribution in [3.63, 3.8) is 0 Å². The summed E-state index contributed by atoms with van der Waals surface area (Å²) >= 11 is 0. The van der Waals surface area contributed by atoms with E-state index in [2.05, 4.69) is 28.3 Å². The third-order valence-corrected chi connectivity index (χ3v) is 2.91. The summed E-state index contributed by atoms with van der Waals surface area (Å²) < 4.78 is 0. The number of anilines is 3. The predicted molar refractivity (Wildman–Crippen MR) is 80.0 cm³/mol. The van der Waals surface area contributed by atoms with Crippen molar-refractivity contribution in [2.75, 3.05) is 23.8 Å². The average molecular weight is 267 g/mol. The summed E-state index contributed by atoms with van der Waals surface area (Å²) in [5.74, 6) is 1.53. The Morgan fingerprint density at radius 3 is 2.65 bits per heavy atom. The lowest BCUT2D eigenvalue weighted by atomic mass is 10.2. The first-order chi connectivity index (χ1) is 9.74. The smallest absolute Gasteiger partial charge is 0.153 e. The quantitative estimate of drug-likeness (QED) is 0.902. The van der Waals surface area contributed by atoms with Crippen LogP contribution in [0.4, 0.5) is 17.3 Å². The number of nitrogens with zero attached hydrogens (tertiary/aromatic N) is 4. The Bertz CT molecular complexity index is 600. The van der Waals surface area contributed by atoms with Crippen LogP contribution in [-0.4, -0.2) is 23.6 Å². The molecule has 5 heteroatoms. The van der Waals surface area contributed by atoms with Gasteiger partial charge >= 0.3 is 0 Å². The van der Waals surface area contributed by atoms with E-state index >= 15 is 0 Å². The second kappa shape index (κ2) is 6.53. The van der Waals surface area contributed by atoms with E-state index in [1.54, 1.807) is 24.5 Å². The van der Waals surface area contributed by atoms with Gasteiger partial charge in [-0.15, -0.1) is 0 Å². The highest BCUT2D eigenvalue weighted by Gasteiger charge is 2.06. The zero-order chi connectivity index (χ0) is 14.4. The first-order valence-corrected chi connectivity index (χ1v) is 6.54. The van der Waals surface area contributed by atoms with Crippen molar-refractivity contribution in [2.24, 2.45) is 0 Å². The summed E-state index contributed by atoms with van der Waals surface area (Å²) in [6.07, 6.45) is 4.47. The van der Waals surface area contributed by atoms with Gasteiger partial charge in [-0.25, -0.2) is 4.98 Å². The molecule has 0 spiro atoms. The van der Waals surface area contributed by atoms with E-state index in [1.807, 2.05) is 24.1 Å². The van der Waals surface area contributed by atoms with Crippen LogP contribution in [0, 0.1) is 11.3 Å². The minimum absolute atomic E-state index is 0.645. The van der Waals surface area contributed by atoms with Crippen molar-refractivity contribution in [2.45, 2.75) is 13.3 Å². The molecular weight excluding hydrogens is 250 g/mol. The zero-order valence-corrected chi connectivity index (χ0v) is 11.7. The Labute approximate surface area is 118 Å². The van der Waals surface area contributed by atoms with Crippen LogP contribution in [0.1, 0.15) is 18.9 Å². The summed E-state index contributed by atoms with van der Waals surface area (Å²) in [7, 11) is 1.93. The Kier molecular flexibility index (Phi) is 4.51. The topological polar surface area (TPSA) is 64.8 Å². The molecule has 0 saturated carbocycles. The number of rotatable bonds is 5. The molecule has 0 aliphatic rings. The molecule has 20 heavy (non-hydrogen) atoms. The summed E-state index contributed by atoms with van der Waals surface area (Å²) in [4.78, 5) is 10.7. The van der Waals surface area contributed by atoms with Gasteiger partial charge in [0.05, 0.1) is 24.0 Å². The van der Waals surface area contributed by atoms with Crippen molar-refractivity contribution >= 4 is 17.3 Å². The van der Waals surface area contributed by atoms with Gasteiger partial charge in [0.25, 0.3) is 0 Å². The minimum atomic E-state index is 0.645. The molecule has 1 aromatic carbocycles. The molecule has 0 saturated heterocycles. The average Bonchev–Trinajstić information content (AvgIpc) is 2.52. The van der Waals surface area contributed by atoms with Gasteiger partial charge in [-0.2, -0.15) is 5.26 Å². The number of nitriles is 1. The fourth-order valence-electron chi connectivity index (χ4n) is 1.75. The second-order valence-electron chi connectivity index (χ2n) is 4.41. The molecule has 0 unspecified atom stereocenters. The van der Waals surface area contributed by atoms with Gasteiger partial charge in [0.1, 0.15) is 5.82 Å². The first kappa shape index (κ1) is 13.8. The lowest BCUT2D eigenvalue weighted by Crippen LogP contribution is -2.13. The molecular formula is C15H17N5. The van der Waals surface area contributed by atoms with Gasteiger partial charge in [0, 0.05) is 19.3 Å². The molecule has 0 amide bonds. The Balaban J connectivity index is 2.19. The van der Waals surface area contributed by atoms with E-state index in [0.29, 0.717) is 5.56 Å². The van der Waals surface area contributed by atoms with Crippen molar-refractivity contribution in [1.82, 2.24) is 9.97 Å². The van der Waals surface area contributed by atoms with Gasteiger partial charge in [-0.05, 0) is 30.7 Å². The molecule has 1 N–H and O–H groups in total. The molecule has 0 aliphatic carbocycles. The maximum atomic E-state index is 8.81. The van der Waals surface area contributed by atoms with Gasteiger partial charge in [-0.3, -0.25) is 4.98 Å². The third kappa shape index (κ3) is 3.23. The van der Waals surface area contributed by atoms with Crippen LogP contribution < -0.4 is 10.2 Å². The molecule has 2 aromatic rings. The van der Waals surface area contributed by atoms with Crippen molar-refractivity contribution < 1.29 is 0 Å². The summed E-state index contributed by atoms with van der Waals surface area (Å²) in [6, 6.07) is 9.48. The van der Waals surface area contributed by atoms with Crippen LogP contribution >= 0.6 is 0 Å². The molecule has 2 rings (SSSR count). The fraction of sp³-hybridized carbons (Fsp3) is 0.267. The Morgan fingerprint density at radius 2 is 2.00 bits per heavy atom. The van der Waals surface area contributed by atoms with Gasteiger partial charge in [-0.1, -0.05) is 6.92 Å². The zero-order valence-electron chi connectivity index (χ0n) is 11.7. The molecule has 0 atom stereocenters. The van der Waals surface area contributed by atoms with Crippen LogP contribution in [0.3, 0.4) is 0 Å². The van der Waals surface area contributed by atoms with Crippen LogP contribution in [0.5, 0.6) is 0 Å². The molecule has 102 valence electrons. The van der Waals surface area contributed by atoms with E-state index in [1.165, 1.54) is 0 Å². The molecule has 0 fully saturated rings. The maximum absolute atomic E-state index is 8.81. The Hall–Kier alpha value is -2.61. The van der Waals surface area contributed by atoms with Gasteiger partial charge in [0.2, 0.25) is 0 Å². The van der Waals surface area contributed by atoms with E-state index in [-0.39, 0.29) is 0 Å². The fourth-order valence-corrected chi connectivity index (χ4v) is 1.75. The third-order valence-electron chi connectivity index (χ3n) is 2.91. The van der Waals surface area contributed by atoms with Crippen LogP contribution in [0.15, 0.2) is 36.7 Å². The van der Waals surface area contributed by atoms with Crippen LogP contribution in [0.25, 0.3) is 0 Å². The van der Waals surface area contributed by atoms with Crippen LogP contribution in [-0.2, 0) is 0 Å². The summed E-state index contributed by atoms with van der Waals surface area (Å²) in [5, 5.41) is 12.0. The normalized spacial score (nSPS) is 9.85. The standard InChI is InChI=1S/C15H17N5/c1-3-8-18-14-10-17-11-15(19-14)20(2)13-6-4-12(9-16)5-7-13/h4-7,10-11H,3,8H2,1-2H3,(H,18,19). The highest BCUT2D eigenvalue weighted by molar-refractivity contribution is 5.60. The van der Waals surface area contributed by atoms with E-state index < -0.39 is 0 Å². The monoisotopic (exact) mass is 267 g/mol. The summed E-state index contributed by atoms with van der Waals surface area (Å²) in [5.41, 5.74) is 1.61. The highest BCUT2D eigenvalue weighted by atomic mass is 15.2. The maximum Gasteiger partial charge on any atom is 0.153 e. The first-order valence-electron chi connectivity index (χ1n) is 6.54. The minimum Gasteiger partial charge on any atom is -0.369 e. The Morgan fingerprint density at radius 1 is 1.25 bits per heavy atom. The molecule has 1 heterocycles. The molecule has 0 bridgehead atoms. The number of nitrogens with one attached hydrogen (secondary N) is 1.